The molecule has 0 aliphatic carbocycles. The van der Waals surface area contributed by atoms with Gasteiger partial charge in [0.05, 0.1) is 5.97 Å². The molecule has 5 nitrogen and oxygen atoms in total. The molecule has 1 amide bonds. The zero-order valence-electron chi connectivity index (χ0n) is 9.01. The van der Waals surface area contributed by atoms with Gasteiger partial charge < -0.3 is 14.8 Å². The summed E-state index contributed by atoms with van der Waals surface area (Å²) in [4.78, 5) is 26.6. The molecule has 0 bridgehead atoms. The minimum Gasteiger partial charge on any atom is -0.545 e. The maximum Gasteiger partial charge on any atom is 0.224 e. The van der Waals surface area contributed by atoms with Crippen LogP contribution >= 0.6 is 0 Å². The van der Waals surface area contributed by atoms with Gasteiger partial charge >= 0.3 is 0 Å². The standard InChI is InChI=1S/C11H12N2O3/c1-8(14)13(2)10-5-3-9(7-12-10)4-6-11(15)16/h3-7H,1-2H3,(H,15,16)/p-1/b6-4+. The van der Waals surface area contributed by atoms with Gasteiger partial charge in [0.15, 0.2) is 0 Å². The molecule has 0 atom stereocenters. The average molecular weight is 219 g/mol. The van der Waals surface area contributed by atoms with E-state index in [-0.39, 0.29) is 5.91 Å². The SMILES string of the molecule is CC(=O)N(C)c1ccc(/C=C/C(=O)[O-])cn1. The van der Waals surface area contributed by atoms with Gasteiger partial charge in [0, 0.05) is 20.2 Å². The molecule has 16 heavy (non-hydrogen) atoms. The summed E-state index contributed by atoms with van der Waals surface area (Å²) in [7, 11) is 1.61. The van der Waals surface area contributed by atoms with Crippen LogP contribution in [0.15, 0.2) is 24.4 Å². The quantitative estimate of drug-likeness (QED) is 0.661. The van der Waals surface area contributed by atoms with Crippen molar-refractivity contribution >= 4 is 23.8 Å². The summed E-state index contributed by atoms with van der Waals surface area (Å²) >= 11 is 0. The van der Waals surface area contributed by atoms with Crippen molar-refractivity contribution in [2.75, 3.05) is 11.9 Å². The van der Waals surface area contributed by atoms with E-state index in [0.29, 0.717) is 11.4 Å². The Hall–Kier alpha value is -2.17. The second-order valence-corrected chi connectivity index (χ2v) is 3.18. The maximum atomic E-state index is 11.0. The third-order valence-corrected chi connectivity index (χ3v) is 2.00. The summed E-state index contributed by atoms with van der Waals surface area (Å²) in [6, 6.07) is 3.30. The summed E-state index contributed by atoms with van der Waals surface area (Å²) in [6.45, 7) is 1.44. The van der Waals surface area contributed by atoms with Gasteiger partial charge in [-0.05, 0) is 23.8 Å². The third-order valence-electron chi connectivity index (χ3n) is 2.00. The molecule has 0 spiro atoms. The molecule has 5 heteroatoms. The van der Waals surface area contributed by atoms with Crippen LogP contribution in [0.3, 0.4) is 0 Å². The molecular formula is C11H11N2O3-. The van der Waals surface area contributed by atoms with E-state index in [1.165, 1.54) is 24.1 Å². The molecule has 0 fully saturated rings. The number of nitrogens with zero attached hydrogens (tertiary/aromatic N) is 2. The number of hydrogen-bond acceptors (Lipinski definition) is 4. The highest BCUT2D eigenvalue weighted by atomic mass is 16.4. The fourth-order valence-corrected chi connectivity index (χ4v) is 1.02. The van der Waals surface area contributed by atoms with Crippen LogP contribution in [-0.4, -0.2) is 23.9 Å². The van der Waals surface area contributed by atoms with Crippen LogP contribution in [0.5, 0.6) is 0 Å². The van der Waals surface area contributed by atoms with Crippen molar-refractivity contribution in [1.82, 2.24) is 4.98 Å². The van der Waals surface area contributed by atoms with E-state index in [2.05, 4.69) is 4.98 Å². The van der Waals surface area contributed by atoms with Gasteiger partial charge in [0.1, 0.15) is 5.82 Å². The molecule has 1 rings (SSSR count). The van der Waals surface area contributed by atoms with Gasteiger partial charge in [-0.25, -0.2) is 4.98 Å². The van der Waals surface area contributed by atoms with Crippen LogP contribution in [-0.2, 0) is 9.59 Å². The Bertz CT molecular complexity index is 423. The molecule has 0 aliphatic heterocycles. The molecular weight excluding hydrogens is 208 g/mol. The first-order chi connectivity index (χ1) is 7.50. The van der Waals surface area contributed by atoms with Crippen molar-refractivity contribution in [3.63, 3.8) is 0 Å². The van der Waals surface area contributed by atoms with Crippen LogP contribution in [0.4, 0.5) is 5.82 Å². The highest BCUT2D eigenvalue weighted by Gasteiger charge is 2.05. The minimum absolute atomic E-state index is 0.120. The first-order valence-corrected chi connectivity index (χ1v) is 4.60. The highest BCUT2D eigenvalue weighted by Crippen LogP contribution is 2.10. The molecule has 84 valence electrons. The summed E-state index contributed by atoms with van der Waals surface area (Å²) < 4.78 is 0. The minimum atomic E-state index is -1.26. The van der Waals surface area contributed by atoms with Crippen molar-refractivity contribution in [2.45, 2.75) is 6.92 Å². The molecule has 1 aromatic heterocycles. The van der Waals surface area contributed by atoms with Gasteiger partial charge in [-0.3, -0.25) is 4.79 Å². The predicted octanol–water partition coefficient (Wildman–Crippen LogP) is -0.173. The van der Waals surface area contributed by atoms with E-state index < -0.39 is 5.97 Å². The smallest absolute Gasteiger partial charge is 0.224 e. The fourth-order valence-electron chi connectivity index (χ4n) is 1.02. The molecule has 0 N–H and O–H groups in total. The molecule has 1 aromatic rings. The molecule has 0 saturated carbocycles. The second kappa shape index (κ2) is 5.06. The van der Waals surface area contributed by atoms with Crippen LogP contribution in [0.25, 0.3) is 6.08 Å². The fraction of sp³-hybridized carbons (Fsp3) is 0.182. The van der Waals surface area contributed by atoms with Crippen molar-refractivity contribution < 1.29 is 14.7 Å². The van der Waals surface area contributed by atoms with Gasteiger partial charge in [-0.1, -0.05) is 6.08 Å². The number of carboxylic acids is 1. The number of amides is 1. The molecule has 0 aromatic carbocycles. The van der Waals surface area contributed by atoms with Crippen LogP contribution < -0.4 is 10.0 Å². The Balaban J connectivity index is 2.83. The lowest BCUT2D eigenvalue weighted by Crippen LogP contribution is -2.23. The first-order valence-electron chi connectivity index (χ1n) is 4.60. The van der Waals surface area contributed by atoms with Gasteiger partial charge in [0.25, 0.3) is 0 Å². The summed E-state index contributed by atoms with van der Waals surface area (Å²) in [5.41, 5.74) is 0.630. The maximum absolute atomic E-state index is 11.0. The third kappa shape index (κ3) is 3.20. The zero-order chi connectivity index (χ0) is 12.1. The Morgan fingerprint density at radius 3 is 2.56 bits per heavy atom. The molecule has 0 aliphatic rings. The Morgan fingerprint density at radius 1 is 1.44 bits per heavy atom. The summed E-state index contributed by atoms with van der Waals surface area (Å²) in [5, 5.41) is 10.2. The number of carboxylic acid groups (broad SMARTS) is 1. The lowest BCUT2D eigenvalue weighted by Gasteiger charge is -2.13. The van der Waals surface area contributed by atoms with Gasteiger partial charge in [-0.2, -0.15) is 0 Å². The van der Waals surface area contributed by atoms with Crippen molar-refractivity contribution in [1.29, 1.82) is 0 Å². The number of rotatable bonds is 3. The van der Waals surface area contributed by atoms with Crippen LogP contribution in [0.2, 0.25) is 0 Å². The largest absolute Gasteiger partial charge is 0.545 e. The van der Waals surface area contributed by atoms with E-state index in [0.717, 1.165) is 6.08 Å². The van der Waals surface area contributed by atoms with Crippen LogP contribution in [0.1, 0.15) is 12.5 Å². The molecule has 0 saturated heterocycles. The molecule has 0 radical (unpaired) electrons. The predicted molar refractivity (Wildman–Crippen MR) is 57.4 cm³/mol. The Labute approximate surface area is 93.0 Å². The zero-order valence-corrected chi connectivity index (χ0v) is 9.01. The monoisotopic (exact) mass is 219 g/mol. The number of aromatic nitrogens is 1. The first kappa shape index (κ1) is 11.9. The molecule has 1 heterocycles. The summed E-state index contributed by atoms with van der Waals surface area (Å²) in [5.74, 6) is -0.867. The number of pyridine rings is 1. The lowest BCUT2D eigenvalue weighted by atomic mass is 10.2. The van der Waals surface area contributed by atoms with E-state index in [9.17, 15) is 14.7 Å². The number of carbonyl (C=O) groups excluding carboxylic acids is 2. The van der Waals surface area contributed by atoms with Crippen molar-refractivity contribution in [2.24, 2.45) is 0 Å². The lowest BCUT2D eigenvalue weighted by molar-refractivity contribution is -0.297. The number of aliphatic carboxylic acids is 1. The second-order valence-electron chi connectivity index (χ2n) is 3.18. The van der Waals surface area contributed by atoms with E-state index in [1.807, 2.05) is 0 Å². The topological polar surface area (TPSA) is 73.3 Å². The number of anilines is 1. The van der Waals surface area contributed by atoms with Gasteiger partial charge in [0.2, 0.25) is 5.91 Å². The van der Waals surface area contributed by atoms with E-state index in [1.54, 1.807) is 19.2 Å². The average Bonchev–Trinajstić information content (AvgIpc) is 2.26. The Kier molecular flexibility index (Phi) is 3.77. The van der Waals surface area contributed by atoms with Crippen molar-refractivity contribution in [3.05, 3.63) is 30.0 Å². The highest BCUT2D eigenvalue weighted by molar-refractivity contribution is 5.89. The van der Waals surface area contributed by atoms with E-state index >= 15 is 0 Å². The number of carbonyl (C=O) groups is 2. The van der Waals surface area contributed by atoms with Crippen molar-refractivity contribution in [3.8, 4) is 0 Å². The molecule has 0 unspecified atom stereocenters. The summed E-state index contributed by atoms with van der Waals surface area (Å²) in [6.07, 6.45) is 3.78. The van der Waals surface area contributed by atoms with E-state index in [4.69, 9.17) is 0 Å². The normalized spacial score (nSPS) is 10.4. The number of hydrogen-bond donors (Lipinski definition) is 0. The Morgan fingerprint density at radius 2 is 2.12 bits per heavy atom. The van der Waals surface area contributed by atoms with Crippen LogP contribution in [0, 0.1) is 0 Å². The van der Waals surface area contributed by atoms with Gasteiger partial charge in [-0.15, -0.1) is 0 Å².